The van der Waals surface area contributed by atoms with Crippen LogP contribution in [0.25, 0.3) is 11.1 Å². The molecule has 136 valence electrons. The summed E-state index contributed by atoms with van der Waals surface area (Å²) in [5.74, 6) is -0.127. The minimum atomic E-state index is -0.290. The summed E-state index contributed by atoms with van der Waals surface area (Å²) in [6.07, 6.45) is 3.99. The first-order valence-corrected chi connectivity index (χ1v) is 9.45. The summed E-state index contributed by atoms with van der Waals surface area (Å²) in [7, 11) is 0. The number of rotatable bonds is 6. The minimum absolute atomic E-state index is 0.0756. The number of hydrogen-bond acceptors (Lipinski definition) is 4. The summed E-state index contributed by atoms with van der Waals surface area (Å²) < 4.78 is 0. The maximum Gasteiger partial charge on any atom is 0.151 e. The molecular weight excluding hydrogens is 334 g/mol. The lowest BCUT2D eigenvalue weighted by Gasteiger charge is -2.23. The van der Waals surface area contributed by atoms with Crippen LogP contribution in [0.3, 0.4) is 0 Å². The lowest BCUT2D eigenvalue weighted by atomic mass is 9.90. The maximum atomic E-state index is 12.4. The van der Waals surface area contributed by atoms with Crippen LogP contribution in [-0.4, -0.2) is 18.4 Å². The molecule has 1 N–H and O–H groups in total. The SMILES string of the molecule is N#Cc1ccc(-c2ccc(C[C@@H](C#N)CC(=O)[C@@H]3CCCCN3)cc2)cc1. The zero-order chi connectivity index (χ0) is 19.1. The van der Waals surface area contributed by atoms with Crippen LogP contribution in [0, 0.1) is 28.6 Å². The topological polar surface area (TPSA) is 76.7 Å². The molecular formula is C23H23N3O. The van der Waals surface area contributed by atoms with E-state index >= 15 is 0 Å². The van der Waals surface area contributed by atoms with E-state index in [0.29, 0.717) is 18.4 Å². The molecule has 0 amide bonds. The number of hydrogen-bond donors (Lipinski definition) is 1. The Kier molecular flexibility index (Phi) is 6.36. The first-order chi connectivity index (χ1) is 13.2. The van der Waals surface area contributed by atoms with Crippen molar-refractivity contribution in [3.8, 4) is 23.3 Å². The molecule has 4 nitrogen and oxygen atoms in total. The smallest absolute Gasteiger partial charge is 0.151 e. The number of ketones is 1. The number of piperidine rings is 1. The van der Waals surface area contributed by atoms with E-state index in [1.807, 2.05) is 36.4 Å². The quantitative estimate of drug-likeness (QED) is 0.847. The van der Waals surface area contributed by atoms with Gasteiger partial charge in [0.1, 0.15) is 0 Å². The highest BCUT2D eigenvalue weighted by atomic mass is 16.1. The number of carbonyl (C=O) groups is 1. The first kappa shape index (κ1) is 18.8. The van der Waals surface area contributed by atoms with Crippen LogP contribution in [0.15, 0.2) is 48.5 Å². The highest BCUT2D eigenvalue weighted by Gasteiger charge is 2.23. The van der Waals surface area contributed by atoms with Crippen molar-refractivity contribution in [2.75, 3.05) is 6.54 Å². The summed E-state index contributed by atoms with van der Waals surface area (Å²) in [5.41, 5.74) is 3.82. The zero-order valence-electron chi connectivity index (χ0n) is 15.3. The van der Waals surface area contributed by atoms with E-state index in [4.69, 9.17) is 5.26 Å². The zero-order valence-corrected chi connectivity index (χ0v) is 15.3. The van der Waals surface area contributed by atoms with Crippen molar-refractivity contribution in [3.05, 3.63) is 59.7 Å². The number of nitriles is 2. The molecule has 2 aromatic rings. The average molecular weight is 357 g/mol. The third-order valence-corrected chi connectivity index (χ3v) is 5.11. The Bertz CT molecular complexity index is 850. The molecule has 3 rings (SSSR count). The molecule has 1 heterocycles. The van der Waals surface area contributed by atoms with Crippen molar-refractivity contribution in [1.82, 2.24) is 5.32 Å². The summed E-state index contributed by atoms with van der Waals surface area (Å²) in [6.45, 7) is 0.893. The third kappa shape index (κ3) is 5.03. The lowest BCUT2D eigenvalue weighted by molar-refractivity contribution is -0.122. The average Bonchev–Trinajstić information content (AvgIpc) is 2.74. The van der Waals surface area contributed by atoms with E-state index < -0.39 is 0 Å². The number of Topliss-reactive ketones (excluding diaryl/α,β-unsaturated/α-hetero) is 1. The highest BCUT2D eigenvalue weighted by molar-refractivity contribution is 5.84. The molecule has 0 radical (unpaired) electrons. The Hall–Kier alpha value is -2.95. The van der Waals surface area contributed by atoms with E-state index in [1.54, 1.807) is 12.1 Å². The van der Waals surface area contributed by atoms with Crippen LogP contribution in [-0.2, 0) is 11.2 Å². The predicted molar refractivity (Wildman–Crippen MR) is 105 cm³/mol. The second-order valence-corrected chi connectivity index (χ2v) is 7.09. The number of nitrogens with zero attached hydrogens (tertiary/aromatic N) is 2. The Morgan fingerprint density at radius 3 is 2.26 bits per heavy atom. The summed E-state index contributed by atoms with van der Waals surface area (Å²) in [6, 6.07) is 19.9. The largest absolute Gasteiger partial charge is 0.307 e. The van der Waals surface area contributed by atoms with Gasteiger partial charge in [0.05, 0.1) is 29.7 Å². The van der Waals surface area contributed by atoms with E-state index in [9.17, 15) is 10.1 Å². The highest BCUT2D eigenvalue weighted by Crippen LogP contribution is 2.22. The molecule has 0 saturated carbocycles. The second kappa shape index (κ2) is 9.12. The Morgan fingerprint density at radius 1 is 1.04 bits per heavy atom. The van der Waals surface area contributed by atoms with Crippen molar-refractivity contribution < 1.29 is 4.79 Å². The van der Waals surface area contributed by atoms with Gasteiger partial charge in [-0.05, 0) is 54.6 Å². The van der Waals surface area contributed by atoms with Gasteiger partial charge in [-0.1, -0.05) is 42.8 Å². The van der Waals surface area contributed by atoms with Gasteiger partial charge >= 0.3 is 0 Å². The van der Waals surface area contributed by atoms with Crippen LogP contribution in [0.2, 0.25) is 0 Å². The fraction of sp³-hybridized carbons (Fsp3) is 0.348. The van der Waals surface area contributed by atoms with Crippen LogP contribution in [0.4, 0.5) is 0 Å². The standard InChI is InChI=1S/C23H23N3O/c24-15-18-6-10-21(11-7-18)20-8-4-17(5-9-20)13-19(16-25)14-23(27)22-3-1-2-12-26-22/h4-11,19,22,26H,1-3,12-14H2/t19-,22+/m1/s1. The van der Waals surface area contributed by atoms with Gasteiger partial charge in [-0.2, -0.15) is 10.5 Å². The van der Waals surface area contributed by atoms with Crippen molar-refractivity contribution >= 4 is 5.78 Å². The van der Waals surface area contributed by atoms with Crippen molar-refractivity contribution in [1.29, 1.82) is 10.5 Å². The Balaban J connectivity index is 1.61. The Morgan fingerprint density at radius 2 is 1.70 bits per heavy atom. The molecule has 0 aromatic heterocycles. The van der Waals surface area contributed by atoms with Crippen LogP contribution in [0.5, 0.6) is 0 Å². The molecule has 1 aliphatic rings. The Labute approximate surface area is 160 Å². The van der Waals surface area contributed by atoms with Gasteiger partial charge in [0.15, 0.2) is 5.78 Å². The van der Waals surface area contributed by atoms with Gasteiger partial charge in [-0.15, -0.1) is 0 Å². The molecule has 4 heteroatoms. The summed E-state index contributed by atoms with van der Waals surface area (Å²) in [5, 5.41) is 21.6. The van der Waals surface area contributed by atoms with E-state index in [2.05, 4.69) is 17.5 Å². The monoisotopic (exact) mass is 357 g/mol. The second-order valence-electron chi connectivity index (χ2n) is 7.09. The van der Waals surface area contributed by atoms with Gasteiger partial charge in [0, 0.05) is 6.42 Å². The van der Waals surface area contributed by atoms with Gasteiger partial charge in [-0.3, -0.25) is 4.79 Å². The molecule has 0 unspecified atom stereocenters. The van der Waals surface area contributed by atoms with E-state index in [1.165, 1.54) is 0 Å². The van der Waals surface area contributed by atoms with Gasteiger partial charge < -0.3 is 5.32 Å². The molecule has 1 fully saturated rings. The molecule has 2 atom stereocenters. The lowest BCUT2D eigenvalue weighted by Crippen LogP contribution is -2.41. The van der Waals surface area contributed by atoms with Crippen LogP contribution in [0.1, 0.15) is 36.8 Å². The molecule has 0 bridgehead atoms. The molecule has 0 aliphatic carbocycles. The van der Waals surface area contributed by atoms with Crippen LogP contribution >= 0.6 is 0 Å². The maximum absolute atomic E-state index is 12.4. The normalized spacial score (nSPS) is 17.5. The molecule has 1 saturated heterocycles. The van der Waals surface area contributed by atoms with Crippen molar-refractivity contribution in [2.45, 2.75) is 38.1 Å². The van der Waals surface area contributed by atoms with Crippen LogP contribution < -0.4 is 5.32 Å². The number of carbonyl (C=O) groups excluding carboxylic acids is 1. The van der Waals surface area contributed by atoms with Gasteiger partial charge in [-0.25, -0.2) is 0 Å². The molecule has 1 aliphatic heterocycles. The van der Waals surface area contributed by atoms with Gasteiger partial charge in [0.2, 0.25) is 0 Å². The molecule has 0 spiro atoms. The van der Waals surface area contributed by atoms with Crippen molar-refractivity contribution in [3.63, 3.8) is 0 Å². The third-order valence-electron chi connectivity index (χ3n) is 5.11. The summed E-state index contributed by atoms with van der Waals surface area (Å²) >= 11 is 0. The molecule has 2 aromatic carbocycles. The van der Waals surface area contributed by atoms with E-state index in [-0.39, 0.29) is 17.7 Å². The fourth-order valence-electron chi connectivity index (χ4n) is 3.53. The summed E-state index contributed by atoms with van der Waals surface area (Å²) in [4.78, 5) is 12.4. The van der Waals surface area contributed by atoms with E-state index in [0.717, 1.165) is 42.5 Å². The van der Waals surface area contributed by atoms with Gasteiger partial charge in [0.25, 0.3) is 0 Å². The fourth-order valence-corrected chi connectivity index (χ4v) is 3.53. The van der Waals surface area contributed by atoms with Crippen molar-refractivity contribution in [2.24, 2.45) is 5.92 Å². The predicted octanol–water partition coefficient (Wildman–Crippen LogP) is 4.01. The number of benzene rings is 2. The minimum Gasteiger partial charge on any atom is -0.307 e. The number of nitrogens with one attached hydrogen (secondary N) is 1. The first-order valence-electron chi connectivity index (χ1n) is 9.45. The molecule has 27 heavy (non-hydrogen) atoms.